The number of ether oxygens (including phenoxy) is 1. The second-order valence-electron chi connectivity index (χ2n) is 6.33. The largest absolute Gasteiger partial charge is 0.479 e. The Morgan fingerprint density at radius 3 is 2.65 bits per heavy atom. The van der Waals surface area contributed by atoms with Gasteiger partial charge in [-0.2, -0.15) is 5.10 Å². The van der Waals surface area contributed by atoms with Gasteiger partial charge in [0.15, 0.2) is 11.8 Å². The number of carboxylic acids is 1. The Morgan fingerprint density at radius 2 is 2.04 bits per heavy atom. The first-order chi connectivity index (χ1) is 12.5. The molecule has 1 amide bonds. The maximum absolute atomic E-state index is 12.6. The molecule has 0 radical (unpaired) electrons. The summed E-state index contributed by atoms with van der Waals surface area (Å²) in [5, 5.41) is 16.2. The Kier molecular flexibility index (Phi) is 5.37. The summed E-state index contributed by atoms with van der Waals surface area (Å²) in [6, 6.07) is 8.15. The highest BCUT2D eigenvalue weighted by Gasteiger charge is 2.27. The molecule has 1 aliphatic carbocycles. The molecule has 0 bridgehead atoms. The number of aryl methyl sites for hydroxylation is 1. The molecule has 7 nitrogen and oxygen atoms in total. The maximum atomic E-state index is 12.6. The molecule has 1 atom stereocenters. The van der Waals surface area contributed by atoms with Crippen molar-refractivity contribution in [3.8, 4) is 5.69 Å². The van der Waals surface area contributed by atoms with Gasteiger partial charge in [-0.15, -0.1) is 0 Å². The summed E-state index contributed by atoms with van der Waals surface area (Å²) in [4.78, 5) is 23.6. The number of rotatable bonds is 7. The molecule has 0 saturated heterocycles. The molecule has 0 fully saturated rings. The van der Waals surface area contributed by atoms with E-state index in [9.17, 15) is 9.59 Å². The van der Waals surface area contributed by atoms with Crippen molar-refractivity contribution in [2.24, 2.45) is 0 Å². The fourth-order valence-electron chi connectivity index (χ4n) is 3.25. The second kappa shape index (κ2) is 7.70. The fraction of sp³-hybridized carbons (Fsp3) is 0.421. The molecule has 2 aromatic rings. The molecule has 1 aromatic carbocycles. The number of benzene rings is 1. The van der Waals surface area contributed by atoms with E-state index < -0.39 is 12.1 Å². The van der Waals surface area contributed by atoms with Gasteiger partial charge in [0.25, 0.3) is 5.91 Å². The first-order valence-corrected chi connectivity index (χ1v) is 8.79. The molecule has 0 spiro atoms. The van der Waals surface area contributed by atoms with Crippen LogP contribution >= 0.6 is 0 Å². The van der Waals surface area contributed by atoms with E-state index in [1.54, 1.807) is 0 Å². The summed E-state index contributed by atoms with van der Waals surface area (Å²) in [7, 11) is 1.30. The van der Waals surface area contributed by atoms with Gasteiger partial charge < -0.3 is 15.2 Å². The minimum atomic E-state index is -1.11. The predicted molar refractivity (Wildman–Crippen MR) is 95.7 cm³/mol. The zero-order valence-electron chi connectivity index (χ0n) is 15.0. The summed E-state index contributed by atoms with van der Waals surface area (Å²) in [5.74, 6) is -1.48. The lowest BCUT2D eigenvalue weighted by molar-refractivity contribution is -0.148. The van der Waals surface area contributed by atoms with Gasteiger partial charge in [-0.25, -0.2) is 9.48 Å². The molecule has 3 rings (SSSR count). The molecule has 138 valence electrons. The molecular weight excluding hydrogens is 334 g/mol. The highest BCUT2D eigenvalue weighted by atomic mass is 16.5. The number of aliphatic carboxylic acids is 1. The smallest absolute Gasteiger partial charge is 0.334 e. The number of hydrogen-bond acceptors (Lipinski definition) is 4. The second-order valence-corrected chi connectivity index (χ2v) is 6.33. The van der Waals surface area contributed by atoms with Crippen LogP contribution in [0.3, 0.4) is 0 Å². The summed E-state index contributed by atoms with van der Waals surface area (Å²) in [5.41, 5.74) is 4.55. The lowest BCUT2D eigenvalue weighted by Gasteiger charge is -2.11. The topological polar surface area (TPSA) is 93.5 Å². The van der Waals surface area contributed by atoms with Crippen LogP contribution < -0.4 is 5.32 Å². The van der Waals surface area contributed by atoms with E-state index in [0.29, 0.717) is 5.69 Å². The van der Waals surface area contributed by atoms with Crippen molar-refractivity contribution in [2.45, 2.75) is 38.7 Å². The number of amides is 1. The van der Waals surface area contributed by atoms with Crippen LogP contribution in [0.25, 0.3) is 5.69 Å². The Labute approximate surface area is 152 Å². The molecular formula is C19H23N3O4. The Balaban J connectivity index is 1.84. The average Bonchev–Trinajstić information content (AvgIpc) is 3.24. The van der Waals surface area contributed by atoms with E-state index in [1.807, 2.05) is 16.8 Å². The van der Waals surface area contributed by atoms with Crippen LogP contribution in [0.15, 0.2) is 24.3 Å². The third kappa shape index (κ3) is 3.48. The van der Waals surface area contributed by atoms with Crippen LogP contribution in [-0.4, -0.2) is 46.5 Å². The van der Waals surface area contributed by atoms with Gasteiger partial charge >= 0.3 is 5.97 Å². The zero-order valence-corrected chi connectivity index (χ0v) is 15.0. The van der Waals surface area contributed by atoms with Gasteiger partial charge in [0.05, 0.1) is 12.2 Å². The minimum Gasteiger partial charge on any atom is -0.479 e. The zero-order chi connectivity index (χ0) is 18.7. The number of nitrogens with one attached hydrogen (secondary N) is 1. The van der Waals surface area contributed by atoms with E-state index in [1.165, 1.54) is 12.7 Å². The molecule has 2 N–H and O–H groups in total. The Hall–Kier alpha value is -2.67. The number of carbonyl (C=O) groups is 2. The maximum Gasteiger partial charge on any atom is 0.334 e. The minimum absolute atomic E-state index is 0.0997. The van der Waals surface area contributed by atoms with Gasteiger partial charge in [-0.1, -0.05) is 19.1 Å². The van der Waals surface area contributed by atoms with Crippen LogP contribution in [0.1, 0.15) is 40.7 Å². The van der Waals surface area contributed by atoms with Gasteiger partial charge in [-0.3, -0.25) is 4.79 Å². The lowest BCUT2D eigenvalue weighted by Crippen LogP contribution is -2.38. The number of carboxylic acid groups (broad SMARTS) is 1. The third-order valence-electron chi connectivity index (χ3n) is 4.74. The standard InChI is InChI=1S/C19H23N3O4/c1-3-12-7-9-13(10-8-12)22-15-6-4-5-14(15)17(21-22)18(23)20-11-16(26-2)19(24)25/h7-10,16H,3-6,11H2,1-2H3,(H,20,23)(H,24,25). The van der Waals surface area contributed by atoms with Gasteiger partial charge in [0.1, 0.15) is 0 Å². The number of methoxy groups -OCH3 is 1. The number of carbonyl (C=O) groups excluding carboxylic acids is 1. The molecule has 1 unspecified atom stereocenters. The third-order valence-corrected chi connectivity index (χ3v) is 4.74. The quantitative estimate of drug-likeness (QED) is 0.787. The normalized spacial score (nSPS) is 14.1. The van der Waals surface area contributed by atoms with Crippen molar-refractivity contribution in [2.75, 3.05) is 13.7 Å². The molecule has 1 aliphatic rings. The van der Waals surface area contributed by atoms with Crippen LogP contribution in [0.4, 0.5) is 0 Å². The van der Waals surface area contributed by atoms with Crippen molar-refractivity contribution in [1.82, 2.24) is 15.1 Å². The van der Waals surface area contributed by atoms with Crippen molar-refractivity contribution < 1.29 is 19.4 Å². The van der Waals surface area contributed by atoms with Crippen LogP contribution in [0.5, 0.6) is 0 Å². The molecule has 7 heteroatoms. The van der Waals surface area contributed by atoms with Crippen LogP contribution in [-0.2, 0) is 28.8 Å². The van der Waals surface area contributed by atoms with E-state index in [0.717, 1.165) is 42.6 Å². The molecule has 0 saturated carbocycles. The predicted octanol–water partition coefficient (Wildman–Crippen LogP) is 1.75. The van der Waals surface area contributed by atoms with Crippen LogP contribution in [0, 0.1) is 0 Å². The number of aromatic nitrogens is 2. The van der Waals surface area contributed by atoms with Crippen LogP contribution in [0.2, 0.25) is 0 Å². The fourth-order valence-corrected chi connectivity index (χ4v) is 3.25. The average molecular weight is 357 g/mol. The monoisotopic (exact) mass is 357 g/mol. The summed E-state index contributed by atoms with van der Waals surface area (Å²) >= 11 is 0. The first-order valence-electron chi connectivity index (χ1n) is 8.79. The molecule has 1 heterocycles. The van der Waals surface area contributed by atoms with E-state index in [4.69, 9.17) is 9.84 Å². The molecule has 1 aromatic heterocycles. The summed E-state index contributed by atoms with van der Waals surface area (Å²) in [6.07, 6.45) is 2.56. The highest BCUT2D eigenvalue weighted by Crippen LogP contribution is 2.28. The van der Waals surface area contributed by atoms with Crippen molar-refractivity contribution in [3.63, 3.8) is 0 Å². The van der Waals surface area contributed by atoms with Gasteiger partial charge in [-0.05, 0) is 43.4 Å². The van der Waals surface area contributed by atoms with Crippen molar-refractivity contribution >= 4 is 11.9 Å². The summed E-state index contributed by atoms with van der Waals surface area (Å²) in [6.45, 7) is 2.00. The highest BCUT2D eigenvalue weighted by molar-refractivity contribution is 5.94. The van der Waals surface area contributed by atoms with E-state index >= 15 is 0 Å². The number of nitrogens with zero attached hydrogens (tertiary/aromatic N) is 2. The van der Waals surface area contributed by atoms with Crippen molar-refractivity contribution in [1.29, 1.82) is 0 Å². The number of fused-ring (bicyclic) bond motifs is 1. The Morgan fingerprint density at radius 1 is 1.31 bits per heavy atom. The van der Waals surface area contributed by atoms with Gasteiger partial charge in [0.2, 0.25) is 0 Å². The lowest BCUT2D eigenvalue weighted by atomic mass is 10.1. The Bertz CT molecular complexity index is 811. The SMILES string of the molecule is CCc1ccc(-n2nc(C(=O)NCC(OC)C(=O)O)c3c2CCC3)cc1. The molecule has 0 aliphatic heterocycles. The number of hydrogen-bond donors (Lipinski definition) is 2. The molecule has 26 heavy (non-hydrogen) atoms. The van der Waals surface area contributed by atoms with E-state index in [2.05, 4.69) is 29.5 Å². The summed E-state index contributed by atoms with van der Waals surface area (Å²) < 4.78 is 6.68. The van der Waals surface area contributed by atoms with E-state index in [-0.39, 0.29) is 12.5 Å². The first kappa shape index (κ1) is 18.1. The van der Waals surface area contributed by atoms with Crippen molar-refractivity contribution in [3.05, 3.63) is 46.8 Å². The van der Waals surface area contributed by atoms with Gasteiger partial charge in [0, 0.05) is 18.4 Å².